The molecular formula is C10H11N5OS. The summed E-state index contributed by atoms with van der Waals surface area (Å²) in [5, 5.41) is 6.84. The van der Waals surface area contributed by atoms with Gasteiger partial charge in [-0.2, -0.15) is 4.98 Å². The van der Waals surface area contributed by atoms with E-state index >= 15 is 0 Å². The van der Waals surface area contributed by atoms with E-state index in [-0.39, 0.29) is 4.99 Å². The van der Waals surface area contributed by atoms with Crippen LogP contribution in [0.15, 0.2) is 29.1 Å². The van der Waals surface area contributed by atoms with Crippen molar-refractivity contribution in [1.29, 1.82) is 0 Å². The predicted octanol–water partition coefficient (Wildman–Crippen LogP) is 0.753. The van der Waals surface area contributed by atoms with Gasteiger partial charge in [0, 0.05) is 13.0 Å². The summed E-state index contributed by atoms with van der Waals surface area (Å²) in [6.07, 6.45) is 1.97. The number of nitrogens with zero attached hydrogens (tertiary/aromatic N) is 3. The Balaban J connectivity index is 1.90. The second-order valence-electron chi connectivity index (χ2n) is 3.30. The molecule has 3 N–H and O–H groups in total. The fraction of sp³-hybridized carbons (Fsp3) is 0.200. The highest BCUT2D eigenvalue weighted by Gasteiger charge is 2.01. The zero-order valence-corrected chi connectivity index (χ0v) is 9.78. The largest absolute Gasteiger partial charge is 0.388 e. The van der Waals surface area contributed by atoms with E-state index in [1.807, 2.05) is 12.1 Å². The van der Waals surface area contributed by atoms with Crippen molar-refractivity contribution in [3.63, 3.8) is 0 Å². The van der Waals surface area contributed by atoms with Gasteiger partial charge in [-0.1, -0.05) is 23.4 Å². The number of thiocarbonyl (C=S) groups is 1. The van der Waals surface area contributed by atoms with Crippen LogP contribution in [-0.2, 0) is 6.42 Å². The van der Waals surface area contributed by atoms with Crippen LogP contribution in [0.4, 0.5) is 5.82 Å². The molecule has 7 heteroatoms. The lowest BCUT2D eigenvalue weighted by Gasteiger charge is -2.05. The standard InChI is InChI=1S/C10H11N5OS/c11-10(17)7-2-1-3-8(14-7)12-5-4-9-13-6-16-15-9/h1-3,6H,4-5H2,(H2,11,17)(H,12,14). The first kappa shape index (κ1) is 11.5. The average Bonchev–Trinajstić information content (AvgIpc) is 2.82. The number of pyridine rings is 1. The molecule has 6 nitrogen and oxygen atoms in total. The third-order valence-corrected chi connectivity index (χ3v) is 2.27. The quantitative estimate of drug-likeness (QED) is 0.756. The van der Waals surface area contributed by atoms with E-state index in [2.05, 4.69) is 25.0 Å². The van der Waals surface area contributed by atoms with Gasteiger partial charge < -0.3 is 15.6 Å². The molecule has 0 aliphatic heterocycles. The molecule has 2 aromatic rings. The molecule has 2 heterocycles. The highest BCUT2D eigenvalue weighted by atomic mass is 32.1. The molecule has 88 valence electrons. The number of rotatable bonds is 5. The van der Waals surface area contributed by atoms with Gasteiger partial charge in [-0.15, -0.1) is 0 Å². The molecule has 2 rings (SSSR count). The highest BCUT2D eigenvalue weighted by Crippen LogP contribution is 2.04. The number of nitrogens with one attached hydrogen (secondary N) is 1. The maximum absolute atomic E-state index is 5.50. The van der Waals surface area contributed by atoms with Crippen LogP contribution in [0.3, 0.4) is 0 Å². The smallest absolute Gasteiger partial charge is 0.213 e. The molecular weight excluding hydrogens is 238 g/mol. The van der Waals surface area contributed by atoms with Crippen molar-refractivity contribution in [2.45, 2.75) is 6.42 Å². The Bertz CT molecular complexity index is 499. The number of anilines is 1. The third-order valence-electron chi connectivity index (χ3n) is 2.06. The minimum Gasteiger partial charge on any atom is -0.388 e. The Labute approximate surface area is 103 Å². The lowest BCUT2D eigenvalue weighted by Crippen LogP contribution is -2.13. The van der Waals surface area contributed by atoms with Crippen molar-refractivity contribution in [3.8, 4) is 0 Å². The summed E-state index contributed by atoms with van der Waals surface area (Å²) >= 11 is 4.85. The lowest BCUT2D eigenvalue weighted by molar-refractivity contribution is 0.410. The number of hydrogen-bond donors (Lipinski definition) is 2. The van der Waals surface area contributed by atoms with Crippen LogP contribution in [0, 0.1) is 0 Å². The molecule has 0 aliphatic rings. The summed E-state index contributed by atoms with van der Waals surface area (Å²) in [6.45, 7) is 0.660. The van der Waals surface area contributed by atoms with Gasteiger partial charge in [0.05, 0.1) is 5.69 Å². The highest BCUT2D eigenvalue weighted by molar-refractivity contribution is 7.80. The fourth-order valence-electron chi connectivity index (χ4n) is 1.28. The maximum atomic E-state index is 5.50. The molecule has 0 aliphatic carbocycles. The van der Waals surface area contributed by atoms with Crippen LogP contribution in [-0.4, -0.2) is 26.7 Å². The normalized spacial score (nSPS) is 10.1. The van der Waals surface area contributed by atoms with Gasteiger partial charge in [-0.25, -0.2) is 4.98 Å². The minimum atomic E-state index is 0.284. The van der Waals surface area contributed by atoms with E-state index in [9.17, 15) is 0 Å². The van der Waals surface area contributed by atoms with Crippen molar-refractivity contribution in [1.82, 2.24) is 15.1 Å². The summed E-state index contributed by atoms with van der Waals surface area (Å²) in [4.78, 5) is 8.45. The van der Waals surface area contributed by atoms with Gasteiger partial charge >= 0.3 is 0 Å². The molecule has 0 unspecified atom stereocenters. The number of nitrogens with two attached hydrogens (primary N) is 1. The summed E-state index contributed by atoms with van der Waals surface area (Å²) in [5.41, 5.74) is 6.10. The molecule has 0 bridgehead atoms. The van der Waals surface area contributed by atoms with Crippen LogP contribution >= 0.6 is 12.2 Å². The zero-order chi connectivity index (χ0) is 12.1. The summed E-state index contributed by atoms with van der Waals surface area (Å²) in [7, 11) is 0. The van der Waals surface area contributed by atoms with Gasteiger partial charge in [0.15, 0.2) is 5.82 Å². The Morgan fingerprint density at radius 3 is 3.06 bits per heavy atom. The van der Waals surface area contributed by atoms with Crippen molar-refractivity contribution in [3.05, 3.63) is 36.1 Å². The lowest BCUT2D eigenvalue weighted by atomic mass is 10.3. The molecule has 0 saturated carbocycles. The van der Waals surface area contributed by atoms with E-state index in [0.29, 0.717) is 24.5 Å². The van der Waals surface area contributed by atoms with Crippen LogP contribution in [0.1, 0.15) is 11.5 Å². The fourth-order valence-corrected chi connectivity index (χ4v) is 1.39. The second-order valence-corrected chi connectivity index (χ2v) is 3.74. The molecule has 0 spiro atoms. The van der Waals surface area contributed by atoms with E-state index in [0.717, 1.165) is 5.82 Å². The number of aromatic nitrogens is 3. The Hall–Kier alpha value is -2.02. The van der Waals surface area contributed by atoms with Gasteiger partial charge in [0.25, 0.3) is 0 Å². The number of hydrogen-bond acceptors (Lipinski definition) is 6. The monoisotopic (exact) mass is 249 g/mol. The van der Waals surface area contributed by atoms with E-state index in [1.165, 1.54) is 6.39 Å². The van der Waals surface area contributed by atoms with E-state index in [1.54, 1.807) is 6.07 Å². The Morgan fingerprint density at radius 2 is 2.35 bits per heavy atom. The summed E-state index contributed by atoms with van der Waals surface area (Å²) in [6, 6.07) is 5.46. The zero-order valence-electron chi connectivity index (χ0n) is 8.96. The molecule has 0 saturated heterocycles. The van der Waals surface area contributed by atoms with Crippen molar-refractivity contribution >= 4 is 23.0 Å². The molecule has 17 heavy (non-hydrogen) atoms. The van der Waals surface area contributed by atoms with Crippen LogP contribution in [0.2, 0.25) is 0 Å². The van der Waals surface area contributed by atoms with E-state index in [4.69, 9.17) is 18.0 Å². The van der Waals surface area contributed by atoms with Gasteiger partial charge in [-0.3, -0.25) is 0 Å². The topological polar surface area (TPSA) is 89.9 Å². The molecule has 0 fully saturated rings. The summed E-state index contributed by atoms with van der Waals surface area (Å²) in [5.74, 6) is 1.38. The van der Waals surface area contributed by atoms with Crippen LogP contribution in [0.25, 0.3) is 0 Å². The Kier molecular flexibility index (Phi) is 3.61. The Morgan fingerprint density at radius 1 is 1.47 bits per heavy atom. The average molecular weight is 249 g/mol. The third kappa shape index (κ3) is 3.22. The van der Waals surface area contributed by atoms with Gasteiger partial charge in [0.2, 0.25) is 6.39 Å². The van der Waals surface area contributed by atoms with Gasteiger partial charge in [-0.05, 0) is 12.1 Å². The molecule has 0 amide bonds. The predicted molar refractivity (Wildman–Crippen MR) is 66.6 cm³/mol. The van der Waals surface area contributed by atoms with E-state index < -0.39 is 0 Å². The first-order valence-electron chi connectivity index (χ1n) is 5.01. The molecule has 0 aromatic carbocycles. The van der Waals surface area contributed by atoms with Crippen molar-refractivity contribution in [2.24, 2.45) is 5.73 Å². The summed E-state index contributed by atoms with van der Waals surface area (Å²) < 4.78 is 4.63. The van der Waals surface area contributed by atoms with Crippen molar-refractivity contribution < 1.29 is 4.52 Å². The first-order valence-corrected chi connectivity index (χ1v) is 5.42. The molecule has 0 atom stereocenters. The SMILES string of the molecule is NC(=S)c1cccc(NCCc2ncon2)n1. The van der Waals surface area contributed by atoms with Gasteiger partial charge in [0.1, 0.15) is 10.8 Å². The molecule has 2 aromatic heterocycles. The van der Waals surface area contributed by atoms with Crippen molar-refractivity contribution in [2.75, 3.05) is 11.9 Å². The first-order chi connectivity index (χ1) is 8.25. The van der Waals surface area contributed by atoms with Crippen LogP contribution < -0.4 is 11.1 Å². The molecule has 0 radical (unpaired) electrons. The maximum Gasteiger partial charge on any atom is 0.213 e. The van der Waals surface area contributed by atoms with Crippen LogP contribution in [0.5, 0.6) is 0 Å². The minimum absolute atomic E-state index is 0.284. The second kappa shape index (κ2) is 5.35.